The summed E-state index contributed by atoms with van der Waals surface area (Å²) < 4.78 is 37.1. The van der Waals surface area contributed by atoms with Crippen LogP contribution in [0.3, 0.4) is 0 Å². The van der Waals surface area contributed by atoms with E-state index in [4.69, 9.17) is 4.74 Å². The molecule has 0 aromatic carbocycles. The highest BCUT2D eigenvalue weighted by atomic mass is 32.2. The summed E-state index contributed by atoms with van der Waals surface area (Å²) in [5, 5.41) is 3.58. The molecule has 1 unspecified atom stereocenters. The number of aromatic nitrogens is 5. The van der Waals surface area contributed by atoms with E-state index in [2.05, 4.69) is 37.2 Å². The van der Waals surface area contributed by atoms with Gasteiger partial charge in [0.1, 0.15) is 27.5 Å². The van der Waals surface area contributed by atoms with Crippen LogP contribution in [-0.4, -0.2) is 84.4 Å². The Balaban J connectivity index is 1.33. The van der Waals surface area contributed by atoms with Gasteiger partial charge in [0, 0.05) is 45.4 Å². The lowest BCUT2D eigenvalue weighted by Gasteiger charge is -2.30. The molecule has 186 valence electrons. The van der Waals surface area contributed by atoms with Gasteiger partial charge in [-0.2, -0.15) is 0 Å². The lowest BCUT2D eigenvalue weighted by molar-refractivity contribution is 0.0694. The first-order chi connectivity index (χ1) is 17.0. The monoisotopic (exact) mass is 500 g/mol. The Kier molecular flexibility index (Phi) is 7.14. The number of hydrogen-bond acceptors (Lipinski definition) is 8. The number of ether oxygens (including phenoxy) is 1. The Morgan fingerprint density at radius 3 is 2.54 bits per heavy atom. The van der Waals surface area contributed by atoms with E-state index in [-0.39, 0.29) is 17.7 Å². The fourth-order valence-electron chi connectivity index (χ4n) is 4.41. The largest absolute Gasteiger partial charge is 0.381 e. The Morgan fingerprint density at radius 1 is 1.06 bits per heavy atom. The standard InChI is InChI=1S/C23H29FN8O2S/c1-16-25-15-20(32(16)18-5-11-34-12-6-18)22-19(24)14-27-23(29-22)28-17-3-4-21(26-13-17)35(33)31-9-7-30(2)8-10-31/h3-4,13-15,18H,5-12H2,1-2H3,(H,27,28,29). The lowest BCUT2D eigenvalue weighted by Crippen LogP contribution is -2.45. The van der Waals surface area contributed by atoms with Crippen LogP contribution in [0.25, 0.3) is 11.4 Å². The zero-order valence-electron chi connectivity index (χ0n) is 19.9. The number of pyridine rings is 1. The van der Waals surface area contributed by atoms with Crippen LogP contribution in [0.4, 0.5) is 16.0 Å². The molecule has 2 fully saturated rings. The highest BCUT2D eigenvalue weighted by molar-refractivity contribution is 7.82. The van der Waals surface area contributed by atoms with E-state index < -0.39 is 16.8 Å². The van der Waals surface area contributed by atoms with Crippen molar-refractivity contribution in [2.24, 2.45) is 0 Å². The normalized spacial score (nSPS) is 19.1. The van der Waals surface area contributed by atoms with Crippen molar-refractivity contribution in [1.82, 2.24) is 33.7 Å². The van der Waals surface area contributed by atoms with E-state index in [1.165, 1.54) is 0 Å². The fraction of sp³-hybridized carbons (Fsp3) is 0.478. The maximum Gasteiger partial charge on any atom is 0.228 e. The summed E-state index contributed by atoms with van der Waals surface area (Å²) in [6.45, 7) is 6.48. The summed E-state index contributed by atoms with van der Waals surface area (Å²) in [4.78, 5) is 19.6. The van der Waals surface area contributed by atoms with Crippen LogP contribution in [0.2, 0.25) is 0 Å². The number of anilines is 2. The van der Waals surface area contributed by atoms with Crippen LogP contribution in [-0.2, 0) is 15.7 Å². The van der Waals surface area contributed by atoms with E-state index in [0.717, 1.165) is 51.0 Å². The Morgan fingerprint density at radius 2 is 1.83 bits per heavy atom. The molecule has 3 aromatic heterocycles. The van der Waals surface area contributed by atoms with E-state index in [1.807, 2.05) is 15.8 Å². The van der Waals surface area contributed by atoms with Crippen LogP contribution in [0, 0.1) is 12.7 Å². The first-order valence-corrected chi connectivity index (χ1v) is 12.8. The van der Waals surface area contributed by atoms with Gasteiger partial charge in [0.15, 0.2) is 5.82 Å². The SMILES string of the molecule is Cc1ncc(-c2nc(Nc3ccc(S(=O)N4CCN(C)CC4)nc3)ncc2F)n1C1CCOCC1. The summed E-state index contributed by atoms with van der Waals surface area (Å²) in [6.07, 6.45) is 6.09. The molecule has 1 atom stereocenters. The van der Waals surface area contributed by atoms with E-state index in [1.54, 1.807) is 24.5 Å². The van der Waals surface area contributed by atoms with E-state index >= 15 is 0 Å². The second-order valence-corrected chi connectivity index (χ2v) is 10.2. The van der Waals surface area contributed by atoms with E-state index in [0.29, 0.717) is 29.6 Å². The van der Waals surface area contributed by atoms with Gasteiger partial charge in [-0.15, -0.1) is 0 Å². The number of piperazine rings is 1. The molecule has 5 heterocycles. The molecule has 0 bridgehead atoms. The van der Waals surface area contributed by atoms with Crippen LogP contribution < -0.4 is 5.32 Å². The van der Waals surface area contributed by atoms with Crippen LogP contribution in [0.5, 0.6) is 0 Å². The smallest absolute Gasteiger partial charge is 0.228 e. The Bertz CT molecular complexity index is 1190. The van der Waals surface area contributed by atoms with Gasteiger partial charge in [0.25, 0.3) is 0 Å². The van der Waals surface area contributed by atoms with Crippen LogP contribution >= 0.6 is 0 Å². The van der Waals surface area contributed by atoms with Crippen molar-refractivity contribution in [2.45, 2.75) is 30.8 Å². The minimum atomic E-state index is -1.31. The molecule has 35 heavy (non-hydrogen) atoms. The molecule has 12 heteroatoms. The predicted molar refractivity (Wildman–Crippen MR) is 130 cm³/mol. The molecule has 3 aromatic rings. The van der Waals surface area contributed by atoms with Gasteiger partial charge in [-0.25, -0.2) is 32.8 Å². The third kappa shape index (κ3) is 5.25. The lowest BCUT2D eigenvalue weighted by atomic mass is 10.1. The minimum absolute atomic E-state index is 0.185. The molecule has 1 N–H and O–H groups in total. The summed E-state index contributed by atoms with van der Waals surface area (Å²) in [7, 11) is 0.751. The van der Waals surface area contributed by atoms with Gasteiger partial charge in [-0.1, -0.05) is 0 Å². The maximum atomic E-state index is 14.8. The molecule has 2 aliphatic rings. The van der Waals surface area contributed by atoms with Crippen molar-refractivity contribution in [3.05, 3.63) is 42.4 Å². The number of halogens is 1. The van der Waals surface area contributed by atoms with Gasteiger partial charge in [-0.05, 0) is 38.9 Å². The number of likely N-dealkylation sites (N-methyl/N-ethyl adjacent to an activating group) is 1. The number of nitrogens with zero attached hydrogens (tertiary/aromatic N) is 7. The predicted octanol–water partition coefficient (Wildman–Crippen LogP) is 2.55. The van der Waals surface area contributed by atoms with Crippen molar-refractivity contribution in [1.29, 1.82) is 0 Å². The molecule has 0 saturated carbocycles. The number of aryl methyl sites for hydroxylation is 1. The van der Waals surface area contributed by atoms with Crippen LogP contribution in [0.15, 0.2) is 35.7 Å². The summed E-state index contributed by atoms with van der Waals surface area (Å²) in [5.41, 5.74) is 1.43. The Labute approximate surface area is 206 Å². The topological polar surface area (TPSA) is 101 Å². The molecule has 0 aliphatic carbocycles. The van der Waals surface area contributed by atoms with Crippen molar-refractivity contribution in [2.75, 3.05) is 51.8 Å². The molecule has 2 saturated heterocycles. The number of nitrogens with one attached hydrogen (secondary N) is 1. The van der Waals surface area contributed by atoms with Gasteiger partial charge in [0.2, 0.25) is 5.95 Å². The number of imidazole rings is 1. The number of hydrogen-bond donors (Lipinski definition) is 1. The summed E-state index contributed by atoms with van der Waals surface area (Å²) >= 11 is 0. The maximum absolute atomic E-state index is 14.8. The summed E-state index contributed by atoms with van der Waals surface area (Å²) in [5.74, 6) is 0.542. The zero-order chi connectivity index (χ0) is 24.4. The van der Waals surface area contributed by atoms with E-state index in [9.17, 15) is 8.60 Å². The first kappa shape index (κ1) is 23.9. The number of rotatable bonds is 6. The van der Waals surface area contributed by atoms with Gasteiger partial charge >= 0.3 is 0 Å². The average Bonchev–Trinajstić information content (AvgIpc) is 3.27. The molecular formula is C23H29FN8O2S. The second-order valence-electron chi connectivity index (χ2n) is 8.79. The third-order valence-corrected chi connectivity index (χ3v) is 7.83. The average molecular weight is 501 g/mol. The molecular weight excluding hydrogens is 471 g/mol. The molecule has 0 spiro atoms. The highest BCUT2D eigenvalue weighted by Gasteiger charge is 2.24. The Hall–Kier alpha value is -2.80. The fourth-order valence-corrected chi connectivity index (χ4v) is 5.50. The quantitative estimate of drug-likeness (QED) is 0.551. The van der Waals surface area contributed by atoms with Crippen molar-refractivity contribution >= 4 is 22.6 Å². The third-order valence-electron chi connectivity index (χ3n) is 6.39. The minimum Gasteiger partial charge on any atom is -0.381 e. The summed E-state index contributed by atoms with van der Waals surface area (Å²) in [6, 6.07) is 3.69. The second kappa shape index (κ2) is 10.4. The highest BCUT2D eigenvalue weighted by Crippen LogP contribution is 2.31. The van der Waals surface area contributed by atoms with Crippen LogP contribution in [0.1, 0.15) is 24.7 Å². The van der Waals surface area contributed by atoms with Gasteiger partial charge in [-0.3, -0.25) is 0 Å². The first-order valence-electron chi connectivity index (χ1n) is 11.7. The van der Waals surface area contributed by atoms with Crippen molar-refractivity contribution < 1.29 is 13.3 Å². The van der Waals surface area contributed by atoms with Crippen molar-refractivity contribution in [3.8, 4) is 11.4 Å². The van der Waals surface area contributed by atoms with Gasteiger partial charge in [0.05, 0.1) is 30.0 Å². The molecule has 2 aliphatic heterocycles. The van der Waals surface area contributed by atoms with Crippen molar-refractivity contribution in [3.63, 3.8) is 0 Å². The molecule has 0 amide bonds. The zero-order valence-corrected chi connectivity index (χ0v) is 20.7. The molecule has 0 radical (unpaired) electrons. The molecule has 10 nitrogen and oxygen atoms in total. The van der Waals surface area contributed by atoms with Gasteiger partial charge < -0.3 is 19.5 Å². The molecule has 5 rings (SSSR count).